The Hall–Kier alpha value is -1.47. The predicted molar refractivity (Wildman–Crippen MR) is 67.4 cm³/mol. The first-order valence-corrected chi connectivity index (χ1v) is 5.54. The maximum Gasteiger partial charge on any atom is 0.128 e. The van der Waals surface area contributed by atoms with Gasteiger partial charge in [0.05, 0.1) is 0 Å². The van der Waals surface area contributed by atoms with Crippen LogP contribution in [0.3, 0.4) is 0 Å². The molecule has 0 N–H and O–H groups in total. The third-order valence-electron chi connectivity index (χ3n) is 2.39. The van der Waals surface area contributed by atoms with Gasteiger partial charge in [-0.15, -0.1) is 0 Å². The first-order valence-electron chi connectivity index (χ1n) is 5.16. The molecule has 0 amide bonds. The SMILES string of the molecule is Cc1cc(Oc2ccccc2)cc(C)c1Cl. The summed E-state index contributed by atoms with van der Waals surface area (Å²) >= 11 is 6.10. The van der Waals surface area contributed by atoms with Crippen molar-refractivity contribution in [2.45, 2.75) is 13.8 Å². The molecular weight excluding hydrogens is 220 g/mol. The van der Waals surface area contributed by atoms with E-state index in [-0.39, 0.29) is 0 Å². The van der Waals surface area contributed by atoms with Gasteiger partial charge in [0.1, 0.15) is 11.5 Å². The summed E-state index contributed by atoms with van der Waals surface area (Å²) in [5, 5.41) is 0.806. The van der Waals surface area contributed by atoms with E-state index in [0.29, 0.717) is 0 Å². The van der Waals surface area contributed by atoms with Gasteiger partial charge in [0, 0.05) is 5.02 Å². The summed E-state index contributed by atoms with van der Waals surface area (Å²) in [4.78, 5) is 0. The van der Waals surface area contributed by atoms with Crippen LogP contribution >= 0.6 is 11.6 Å². The van der Waals surface area contributed by atoms with Crippen molar-refractivity contribution in [3.8, 4) is 11.5 Å². The molecule has 0 bridgehead atoms. The van der Waals surface area contributed by atoms with Gasteiger partial charge in [-0.05, 0) is 49.2 Å². The van der Waals surface area contributed by atoms with Crippen molar-refractivity contribution in [1.29, 1.82) is 0 Å². The van der Waals surface area contributed by atoms with Gasteiger partial charge >= 0.3 is 0 Å². The van der Waals surface area contributed by atoms with Crippen LogP contribution in [0.15, 0.2) is 42.5 Å². The fraction of sp³-hybridized carbons (Fsp3) is 0.143. The van der Waals surface area contributed by atoms with Crippen molar-refractivity contribution >= 4 is 11.6 Å². The van der Waals surface area contributed by atoms with Gasteiger partial charge in [0.25, 0.3) is 0 Å². The molecule has 0 aliphatic heterocycles. The molecule has 82 valence electrons. The Kier molecular flexibility index (Phi) is 3.16. The number of benzene rings is 2. The fourth-order valence-corrected chi connectivity index (χ4v) is 1.70. The Morgan fingerprint density at radius 2 is 1.44 bits per heavy atom. The molecule has 0 atom stereocenters. The van der Waals surface area contributed by atoms with Crippen LogP contribution in [0.25, 0.3) is 0 Å². The van der Waals surface area contributed by atoms with E-state index in [2.05, 4.69) is 0 Å². The topological polar surface area (TPSA) is 9.23 Å². The minimum atomic E-state index is 0.806. The van der Waals surface area contributed by atoms with E-state index in [1.165, 1.54) is 0 Å². The summed E-state index contributed by atoms with van der Waals surface area (Å²) in [6.45, 7) is 3.96. The highest BCUT2D eigenvalue weighted by Crippen LogP contribution is 2.28. The zero-order chi connectivity index (χ0) is 11.5. The van der Waals surface area contributed by atoms with Crippen molar-refractivity contribution in [3.63, 3.8) is 0 Å². The summed E-state index contributed by atoms with van der Waals surface area (Å²) < 4.78 is 5.74. The van der Waals surface area contributed by atoms with Gasteiger partial charge in [-0.25, -0.2) is 0 Å². The lowest BCUT2D eigenvalue weighted by Gasteiger charge is -2.09. The van der Waals surface area contributed by atoms with Gasteiger partial charge in [-0.1, -0.05) is 29.8 Å². The zero-order valence-corrected chi connectivity index (χ0v) is 10.1. The number of halogens is 1. The van der Waals surface area contributed by atoms with Crippen LogP contribution < -0.4 is 4.74 Å². The molecule has 0 spiro atoms. The number of ether oxygens (including phenoxy) is 1. The quantitative estimate of drug-likeness (QED) is 0.726. The number of rotatable bonds is 2. The zero-order valence-electron chi connectivity index (χ0n) is 9.33. The van der Waals surface area contributed by atoms with Gasteiger partial charge < -0.3 is 4.74 Å². The Morgan fingerprint density at radius 3 is 2.00 bits per heavy atom. The van der Waals surface area contributed by atoms with Gasteiger partial charge in [0.15, 0.2) is 0 Å². The normalized spacial score (nSPS) is 10.2. The summed E-state index contributed by atoms with van der Waals surface area (Å²) in [5.41, 5.74) is 2.07. The molecule has 0 fully saturated rings. The summed E-state index contributed by atoms with van der Waals surface area (Å²) in [6.07, 6.45) is 0. The smallest absolute Gasteiger partial charge is 0.128 e. The van der Waals surface area contributed by atoms with E-state index in [4.69, 9.17) is 16.3 Å². The molecule has 0 saturated heterocycles. The molecule has 1 nitrogen and oxygen atoms in total. The van der Waals surface area contributed by atoms with Gasteiger partial charge in [0.2, 0.25) is 0 Å². The van der Waals surface area contributed by atoms with E-state index in [0.717, 1.165) is 27.6 Å². The second kappa shape index (κ2) is 4.58. The molecule has 0 aliphatic carbocycles. The van der Waals surface area contributed by atoms with E-state index in [1.54, 1.807) is 0 Å². The third-order valence-corrected chi connectivity index (χ3v) is 2.99. The molecule has 2 heteroatoms. The van der Waals surface area contributed by atoms with Crippen molar-refractivity contribution in [2.24, 2.45) is 0 Å². The lowest BCUT2D eigenvalue weighted by atomic mass is 10.1. The monoisotopic (exact) mass is 232 g/mol. The Balaban J connectivity index is 2.29. The molecule has 0 saturated carbocycles. The van der Waals surface area contributed by atoms with Crippen LogP contribution in [0.2, 0.25) is 5.02 Å². The van der Waals surface area contributed by atoms with E-state index in [1.807, 2.05) is 56.3 Å². The number of para-hydroxylation sites is 1. The average molecular weight is 233 g/mol. The third kappa shape index (κ3) is 2.37. The van der Waals surface area contributed by atoms with Crippen LogP contribution in [0.1, 0.15) is 11.1 Å². The van der Waals surface area contributed by atoms with Crippen molar-refractivity contribution in [2.75, 3.05) is 0 Å². The molecule has 0 radical (unpaired) electrons. The number of aryl methyl sites for hydroxylation is 2. The van der Waals surface area contributed by atoms with Crippen LogP contribution in [-0.2, 0) is 0 Å². The van der Waals surface area contributed by atoms with Gasteiger partial charge in [-0.3, -0.25) is 0 Å². The molecule has 16 heavy (non-hydrogen) atoms. The molecule has 2 aromatic carbocycles. The Bertz CT molecular complexity index is 468. The molecule has 2 rings (SSSR count). The number of hydrogen-bond donors (Lipinski definition) is 0. The predicted octanol–water partition coefficient (Wildman–Crippen LogP) is 4.75. The highest BCUT2D eigenvalue weighted by molar-refractivity contribution is 6.32. The molecule has 0 aliphatic rings. The van der Waals surface area contributed by atoms with E-state index >= 15 is 0 Å². The largest absolute Gasteiger partial charge is 0.457 e. The van der Waals surface area contributed by atoms with Crippen molar-refractivity contribution < 1.29 is 4.74 Å². The van der Waals surface area contributed by atoms with Crippen molar-refractivity contribution in [1.82, 2.24) is 0 Å². The molecular formula is C14H13ClO. The standard InChI is InChI=1S/C14H13ClO/c1-10-8-13(9-11(2)14(10)15)16-12-6-4-3-5-7-12/h3-9H,1-2H3. The van der Waals surface area contributed by atoms with Crippen molar-refractivity contribution in [3.05, 3.63) is 58.6 Å². The van der Waals surface area contributed by atoms with Crippen LogP contribution in [-0.4, -0.2) is 0 Å². The molecule has 0 heterocycles. The number of hydrogen-bond acceptors (Lipinski definition) is 1. The van der Waals surface area contributed by atoms with Crippen LogP contribution in [0.4, 0.5) is 0 Å². The average Bonchev–Trinajstić information content (AvgIpc) is 2.27. The first kappa shape index (κ1) is 11.0. The fourth-order valence-electron chi connectivity index (χ4n) is 1.59. The van der Waals surface area contributed by atoms with Crippen LogP contribution in [0.5, 0.6) is 11.5 Å². The highest BCUT2D eigenvalue weighted by atomic mass is 35.5. The molecule has 0 aromatic heterocycles. The van der Waals surface area contributed by atoms with Gasteiger partial charge in [-0.2, -0.15) is 0 Å². The van der Waals surface area contributed by atoms with E-state index < -0.39 is 0 Å². The first-order chi connectivity index (χ1) is 7.66. The summed E-state index contributed by atoms with van der Waals surface area (Å²) in [5.74, 6) is 1.66. The van der Waals surface area contributed by atoms with E-state index in [9.17, 15) is 0 Å². The second-order valence-electron chi connectivity index (χ2n) is 3.79. The highest BCUT2D eigenvalue weighted by Gasteiger charge is 2.04. The Morgan fingerprint density at radius 1 is 0.875 bits per heavy atom. The lowest BCUT2D eigenvalue weighted by molar-refractivity contribution is 0.482. The summed E-state index contributed by atoms with van der Waals surface area (Å²) in [7, 11) is 0. The maximum absolute atomic E-state index is 6.10. The summed E-state index contributed by atoms with van der Waals surface area (Å²) in [6, 6.07) is 13.6. The Labute approximate surface area is 101 Å². The molecule has 2 aromatic rings. The minimum absolute atomic E-state index is 0.806. The second-order valence-corrected chi connectivity index (χ2v) is 4.16. The maximum atomic E-state index is 6.10. The van der Waals surface area contributed by atoms with Crippen LogP contribution in [0, 0.1) is 13.8 Å². The minimum Gasteiger partial charge on any atom is -0.457 e. The molecule has 0 unspecified atom stereocenters. The lowest BCUT2D eigenvalue weighted by Crippen LogP contribution is -1.87.